The van der Waals surface area contributed by atoms with Crippen LogP contribution in [0.25, 0.3) is 0 Å². The Kier molecular flexibility index (Phi) is 4.81. The largest absolute Gasteiger partial charge is 0.384 e. The maximum absolute atomic E-state index is 12.7. The smallest absolute Gasteiger partial charge is 0.254 e. The van der Waals surface area contributed by atoms with Crippen molar-refractivity contribution in [3.05, 3.63) is 34.9 Å². The van der Waals surface area contributed by atoms with Gasteiger partial charge in [-0.15, -0.1) is 0 Å². The van der Waals surface area contributed by atoms with Crippen LogP contribution in [-0.4, -0.2) is 35.1 Å². The number of hydrogen-bond acceptors (Lipinski definition) is 2. The van der Waals surface area contributed by atoms with Gasteiger partial charge >= 0.3 is 0 Å². The number of nitrogens with zero attached hydrogens (tertiary/aromatic N) is 1. The van der Waals surface area contributed by atoms with E-state index in [0.29, 0.717) is 6.04 Å². The van der Waals surface area contributed by atoms with Gasteiger partial charge in [-0.25, -0.2) is 0 Å². The standard InChI is InChI=1S/C17H21NO2/c1-13-8-9-15(7-5-11-19)12-16(13)17(20)18-10-4-3-6-14(18)2/h8-9,12,14,19H,3-4,6,10-11H2,1-2H3. The minimum atomic E-state index is -0.166. The van der Waals surface area contributed by atoms with Gasteiger partial charge < -0.3 is 10.0 Å². The first-order valence-electron chi connectivity index (χ1n) is 7.15. The van der Waals surface area contributed by atoms with E-state index >= 15 is 0 Å². The molecule has 1 aliphatic heterocycles. The summed E-state index contributed by atoms with van der Waals surface area (Å²) in [5.74, 6) is 5.58. The molecule has 1 unspecified atom stereocenters. The van der Waals surface area contributed by atoms with Crippen LogP contribution in [0, 0.1) is 18.8 Å². The molecule has 1 heterocycles. The van der Waals surface area contributed by atoms with Gasteiger partial charge in [-0.05, 0) is 50.8 Å². The molecule has 0 spiro atoms. The summed E-state index contributed by atoms with van der Waals surface area (Å²) in [5.41, 5.74) is 2.48. The third-order valence-corrected chi connectivity index (χ3v) is 3.84. The van der Waals surface area contributed by atoms with Crippen LogP contribution >= 0.6 is 0 Å². The molecule has 1 aromatic rings. The SMILES string of the molecule is Cc1ccc(C#CCO)cc1C(=O)N1CCCCC1C. The third kappa shape index (κ3) is 3.20. The fourth-order valence-electron chi connectivity index (χ4n) is 2.63. The second-order valence-corrected chi connectivity index (χ2v) is 5.33. The number of aryl methyl sites for hydroxylation is 1. The first-order valence-corrected chi connectivity index (χ1v) is 7.15. The Balaban J connectivity index is 2.28. The first-order chi connectivity index (χ1) is 9.63. The topological polar surface area (TPSA) is 40.5 Å². The number of carbonyl (C=O) groups excluding carboxylic acids is 1. The Labute approximate surface area is 120 Å². The minimum Gasteiger partial charge on any atom is -0.384 e. The maximum Gasteiger partial charge on any atom is 0.254 e. The average Bonchev–Trinajstić information content (AvgIpc) is 2.46. The van der Waals surface area contributed by atoms with Crippen LogP contribution in [0.15, 0.2) is 18.2 Å². The Morgan fingerprint density at radius 3 is 2.95 bits per heavy atom. The molecule has 0 radical (unpaired) electrons. The molecule has 1 saturated heterocycles. The molecule has 20 heavy (non-hydrogen) atoms. The molecule has 1 aromatic carbocycles. The van der Waals surface area contributed by atoms with Crippen molar-refractivity contribution in [2.75, 3.05) is 13.2 Å². The average molecular weight is 271 g/mol. The van der Waals surface area contributed by atoms with Crippen LogP contribution in [0.5, 0.6) is 0 Å². The van der Waals surface area contributed by atoms with Crippen molar-refractivity contribution in [1.82, 2.24) is 4.90 Å². The molecule has 3 heteroatoms. The van der Waals surface area contributed by atoms with Gasteiger partial charge in [0, 0.05) is 23.7 Å². The molecule has 1 aliphatic rings. The number of benzene rings is 1. The number of carbonyl (C=O) groups is 1. The van der Waals surface area contributed by atoms with Crippen molar-refractivity contribution < 1.29 is 9.90 Å². The lowest BCUT2D eigenvalue weighted by molar-refractivity contribution is 0.0635. The van der Waals surface area contributed by atoms with Crippen LogP contribution in [0.3, 0.4) is 0 Å². The van der Waals surface area contributed by atoms with E-state index in [1.54, 1.807) is 0 Å². The van der Waals surface area contributed by atoms with Crippen LogP contribution in [0.2, 0.25) is 0 Å². The van der Waals surface area contributed by atoms with Crippen molar-refractivity contribution in [3.63, 3.8) is 0 Å². The molecular weight excluding hydrogens is 250 g/mol. The summed E-state index contributed by atoms with van der Waals surface area (Å²) in [6, 6.07) is 5.95. The predicted molar refractivity (Wildman–Crippen MR) is 79.5 cm³/mol. The normalized spacial score (nSPS) is 18.4. The van der Waals surface area contributed by atoms with Crippen molar-refractivity contribution in [3.8, 4) is 11.8 Å². The second-order valence-electron chi connectivity index (χ2n) is 5.33. The van der Waals surface area contributed by atoms with Crippen LogP contribution in [0.4, 0.5) is 0 Å². The van der Waals surface area contributed by atoms with E-state index in [0.717, 1.165) is 36.1 Å². The lowest BCUT2D eigenvalue weighted by Crippen LogP contribution is -2.42. The van der Waals surface area contributed by atoms with E-state index < -0.39 is 0 Å². The lowest BCUT2D eigenvalue weighted by atomic mass is 9.99. The van der Waals surface area contributed by atoms with Gasteiger partial charge in [0.1, 0.15) is 6.61 Å². The third-order valence-electron chi connectivity index (χ3n) is 3.84. The van der Waals surface area contributed by atoms with Crippen LogP contribution in [0.1, 0.15) is 47.7 Å². The second kappa shape index (κ2) is 6.58. The monoisotopic (exact) mass is 271 g/mol. The highest BCUT2D eigenvalue weighted by molar-refractivity contribution is 5.96. The summed E-state index contributed by atoms with van der Waals surface area (Å²) in [5, 5.41) is 8.75. The summed E-state index contributed by atoms with van der Waals surface area (Å²) in [4.78, 5) is 14.7. The van der Waals surface area contributed by atoms with Crippen molar-refractivity contribution in [2.24, 2.45) is 0 Å². The number of amides is 1. The fraction of sp³-hybridized carbons (Fsp3) is 0.471. The van der Waals surface area contributed by atoms with Gasteiger partial charge in [0.2, 0.25) is 0 Å². The highest BCUT2D eigenvalue weighted by Crippen LogP contribution is 2.21. The zero-order valence-corrected chi connectivity index (χ0v) is 12.1. The van der Waals surface area contributed by atoms with Gasteiger partial charge in [0.25, 0.3) is 5.91 Å². The zero-order valence-electron chi connectivity index (χ0n) is 12.1. The Hall–Kier alpha value is -1.79. The fourth-order valence-corrected chi connectivity index (χ4v) is 2.63. The van der Waals surface area contributed by atoms with E-state index in [1.165, 1.54) is 6.42 Å². The quantitative estimate of drug-likeness (QED) is 0.797. The Morgan fingerprint density at radius 2 is 2.25 bits per heavy atom. The molecule has 106 valence electrons. The van der Waals surface area contributed by atoms with Crippen LogP contribution < -0.4 is 0 Å². The zero-order chi connectivity index (χ0) is 14.5. The molecule has 1 N–H and O–H groups in total. The van der Waals surface area contributed by atoms with Crippen molar-refractivity contribution in [2.45, 2.75) is 39.2 Å². The highest BCUT2D eigenvalue weighted by atomic mass is 16.2. The predicted octanol–water partition coefficient (Wildman–Crippen LogP) is 2.35. The molecule has 1 fully saturated rings. The summed E-state index contributed by atoms with van der Waals surface area (Å²) in [6.45, 7) is 4.74. The number of likely N-dealkylation sites (tertiary alicyclic amines) is 1. The van der Waals surface area contributed by atoms with E-state index in [1.807, 2.05) is 30.0 Å². The molecular formula is C17H21NO2. The van der Waals surface area contributed by atoms with Gasteiger partial charge in [-0.3, -0.25) is 4.79 Å². The highest BCUT2D eigenvalue weighted by Gasteiger charge is 2.25. The number of aliphatic hydroxyl groups is 1. The summed E-state index contributed by atoms with van der Waals surface area (Å²) in [6.07, 6.45) is 3.36. The van der Waals surface area contributed by atoms with E-state index in [4.69, 9.17) is 5.11 Å². The molecule has 1 atom stereocenters. The Bertz CT molecular complexity index is 554. The number of rotatable bonds is 1. The summed E-state index contributed by atoms with van der Waals surface area (Å²) in [7, 11) is 0. The summed E-state index contributed by atoms with van der Waals surface area (Å²) < 4.78 is 0. The summed E-state index contributed by atoms with van der Waals surface area (Å²) >= 11 is 0. The minimum absolute atomic E-state index is 0.0994. The molecule has 1 amide bonds. The van der Waals surface area contributed by atoms with Crippen molar-refractivity contribution in [1.29, 1.82) is 0 Å². The lowest BCUT2D eigenvalue weighted by Gasteiger charge is -2.33. The molecule has 0 aromatic heterocycles. The van der Waals surface area contributed by atoms with Crippen LogP contribution in [-0.2, 0) is 0 Å². The first kappa shape index (κ1) is 14.6. The number of aliphatic hydroxyl groups excluding tert-OH is 1. The van der Waals surface area contributed by atoms with Gasteiger partial charge in [-0.1, -0.05) is 17.9 Å². The van der Waals surface area contributed by atoms with E-state index in [2.05, 4.69) is 18.8 Å². The van der Waals surface area contributed by atoms with Gasteiger partial charge in [0.05, 0.1) is 0 Å². The van der Waals surface area contributed by atoms with E-state index in [9.17, 15) is 4.79 Å². The molecule has 3 nitrogen and oxygen atoms in total. The number of hydrogen-bond donors (Lipinski definition) is 1. The molecule has 2 rings (SSSR count). The number of piperidine rings is 1. The van der Waals surface area contributed by atoms with Gasteiger partial charge in [-0.2, -0.15) is 0 Å². The molecule has 0 saturated carbocycles. The van der Waals surface area contributed by atoms with Crippen molar-refractivity contribution >= 4 is 5.91 Å². The molecule has 0 bridgehead atoms. The Morgan fingerprint density at radius 1 is 1.45 bits per heavy atom. The maximum atomic E-state index is 12.7. The van der Waals surface area contributed by atoms with E-state index in [-0.39, 0.29) is 12.5 Å². The molecule has 0 aliphatic carbocycles. The van der Waals surface area contributed by atoms with Gasteiger partial charge in [0.15, 0.2) is 0 Å².